The van der Waals surface area contributed by atoms with Gasteiger partial charge in [-0.1, -0.05) is 18.2 Å². The minimum Gasteiger partial charge on any atom is -0.399 e. The van der Waals surface area contributed by atoms with Gasteiger partial charge in [-0.15, -0.1) is 12.4 Å². The van der Waals surface area contributed by atoms with Crippen LogP contribution in [-0.4, -0.2) is 36.3 Å². The molecule has 1 atom stereocenters. The molecule has 1 heterocycles. The van der Waals surface area contributed by atoms with Crippen molar-refractivity contribution in [2.24, 2.45) is 0 Å². The van der Waals surface area contributed by atoms with Crippen LogP contribution in [0.2, 0.25) is 0 Å². The Kier molecular flexibility index (Phi) is 5.87. The minimum absolute atomic E-state index is 0. The predicted octanol–water partition coefficient (Wildman–Crippen LogP) is 3.02. The Balaban J connectivity index is 0.00000243. The lowest BCUT2D eigenvalue weighted by Crippen LogP contribution is -2.43. The lowest BCUT2D eigenvalue weighted by Gasteiger charge is -2.25. The van der Waals surface area contributed by atoms with Gasteiger partial charge >= 0.3 is 0 Å². The zero-order valence-corrected chi connectivity index (χ0v) is 15.4. The van der Waals surface area contributed by atoms with Crippen molar-refractivity contribution in [2.45, 2.75) is 19.4 Å². The van der Waals surface area contributed by atoms with Gasteiger partial charge in [0.25, 0.3) is 5.91 Å². The monoisotopic (exact) mass is 377 g/mol. The van der Waals surface area contributed by atoms with E-state index in [1.54, 1.807) is 43.4 Å². The first kappa shape index (κ1) is 19.7. The first-order valence-corrected chi connectivity index (χ1v) is 8.09. The number of nitrogens with two attached hydrogens (primary N) is 1. The number of likely N-dealkylation sites (N-methyl/N-ethyl adjacent to an activating group) is 1. The van der Waals surface area contributed by atoms with Crippen LogP contribution in [0.1, 0.15) is 22.3 Å². The fourth-order valence-corrected chi connectivity index (χ4v) is 3.14. The highest BCUT2D eigenvalue weighted by atomic mass is 35.5. The molecule has 0 saturated carbocycles. The van der Waals surface area contributed by atoms with Crippen LogP contribution in [0.15, 0.2) is 42.5 Å². The Labute approximate surface area is 158 Å². The Morgan fingerprint density at radius 3 is 2.65 bits per heavy atom. The van der Waals surface area contributed by atoms with Crippen molar-refractivity contribution in [3.05, 3.63) is 59.4 Å². The van der Waals surface area contributed by atoms with Gasteiger partial charge in [0.05, 0.1) is 5.69 Å². The van der Waals surface area contributed by atoms with E-state index in [1.807, 2.05) is 6.92 Å². The second-order valence-corrected chi connectivity index (χ2v) is 6.24. The van der Waals surface area contributed by atoms with Crippen molar-refractivity contribution in [2.75, 3.05) is 24.2 Å². The first-order chi connectivity index (χ1) is 11.9. The molecule has 2 aromatic rings. The summed E-state index contributed by atoms with van der Waals surface area (Å²) in [6.45, 7) is 2.20. The number of hydrogen-bond acceptors (Lipinski definition) is 3. The summed E-state index contributed by atoms with van der Waals surface area (Å²) in [7, 11) is 1.60. The molecule has 0 radical (unpaired) electrons. The van der Waals surface area contributed by atoms with Crippen LogP contribution in [-0.2, 0) is 4.79 Å². The summed E-state index contributed by atoms with van der Waals surface area (Å²) < 4.78 is 14.0. The maximum absolute atomic E-state index is 14.0. The third-order valence-corrected chi connectivity index (χ3v) is 4.60. The van der Waals surface area contributed by atoms with Gasteiger partial charge < -0.3 is 15.5 Å². The molecule has 1 aliphatic heterocycles. The zero-order chi connectivity index (χ0) is 18.1. The van der Waals surface area contributed by atoms with Crippen molar-refractivity contribution in [3.8, 4) is 0 Å². The molecule has 7 heteroatoms. The standard InChI is InChI=1S/C19H20FN3O2.ClH/c1-12-7-8-13(21)11-14(12)18(24)22(2)17-9-10-23(19(17)25)16-6-4-3-5-15(16)20;/h3-8,11,17H,9-10,21H2,1-2H3;1H. The number of anilines is 2. The summed E-state index contributed by atoms with van der Waals surface area (Å²) in [6.07, 6.45) is 0.455. The van der Waals surface area contributed by atoms with Gasteiger partial charge in [-0.25, -0.2) is 4.39 Å². The lowest BCUT2D eigenvalue weighted by molar-refractivity contribution is -0.120. The van der Waals surface area contributed by atoms with Gasteiger partial charge in [0.2, 0.25) is 5.91 Å². The predicted molar refractivity (Wildman–Crippen MR) is 102 cm³/mol. The summed E-state index contributed by atoms with van der Waals surface area (Å²) in [5, 5.41) is 0. The minimum atomic E-state index is -0.618. The van der Waals surface area contributed by atoms with Crippen LogP contribution in [0, 0.1) is 12.7 Å². The fourth-order valence-electron chi connectivity index (χ4n) is 3.14. The quantitative estimate of drug-likeness (QED) is 0.836. The third kappa shape index (κ3) is 3.51. The van der Waals surface area contributed by atoms with E-state index in [1.165, 1.54) is 15.9 Å². The Hall–Kier alpha value is -2.60. The second-order valence-electron chi connectivity index (χ2n) is 6.24. The molecule has 26 heavy (non-hydrogen) atoms. The first-order valence-electron chi connectivity index (χ1n) is 8.09. The van der Waals surface area contributed by atoms with Gasteiger partial charge in [0.15, 0.2) is 0 Å². The molecule has 0 aromatic heterocycles. The van der Waals surface area contributed by atoms with Gasteiger partial charge in [0.1, 0.15) is 11.9 Å². The van der Waals surface area contributed by atoms with Crippen molar-refractivity contribution in [1.82, 2.24) is 4.90 Å². The van der Waals surface area contributed by atoms with Crippen LogP contribution < -0.4 is 10.6 Å². The molecule has 2 N–H and O–H groups in total. The number of nitrogen functional groups attached to an aromatic ring is 1. The molecule has 138 valence electrons. The molecule has 0 bridgehead atoms. The number of carbonyl (C=O) groups excluding carboxylic acids is 2. The summed E-state index contributed by atoms with van der Waals surface area (Å²) in [6, 6.07) is 10.7. The van der Waals surface area contributed by atoms with E-state index in [4.69, 9.17) is 5.73 Å². The number of rotatable bonds is 3. The highest BCUT2D eigenvalue weighted by molar-refractivity contribution is 6.04. The number of halogens is 2. The molecule has 1 fully saturated rings. The average Bonchev–Trinajstić information content (AvgIpc) is 2.97. The number of para-hydroxylation sites is 1. The highest BCUT2D eigenvalue weighted by Crippen LogP contribution is 2.27. The maximum atomic E-state index is 14.0. The average molecular weight is 378 g/mol. The molecule has 1 aliphatic rings. The summed E-state index contributed by atoms with van der Waals surface area (Å²) in [4.78, 5) is 28.3. The molecule has 2 aromatic carbocycles. The molecule has 0 aliphatic carbocycles. The van der Waals surface area contributed by atoms with Crippen molar-refractivity contribution in [1.29, 1.82) is 0 Å². The van der Waals surface area contributed by atoms with E-state index >= 15 is 0 Å². The van der Waals surface area contributed by atoms with Crippen LogP contribution in [0.4, 0.5) is 15.8 Å². The maximum Gasteiger partial charge on any atom is 0.254 e. The van der Waals surface area contributed by atoms with Crippen LogP contribution in [0.25, 0.3) is 0 Å². The normalized spacial score (nSPS) is 16.3. The third-order valence-electron chi connectivity index (χ3n) is 4.60. The molecule has 5 nitrogen and oxygen atoms in total. The van der Waals surface area contributed by atoms with E-state index in [2.05, 4.69) is 0 Å². The molecule has 3 rings (SSSR count). The number of aryl methyl sites for hydroxylation is 1. The summed E-state index contributed by atoms with van der Waals surface area (Å²) >= 11 is 0. The smallest absolute Gasteiger partial charge is 0.254 e. The van der Waals surface area contributed by atoms with E-state index < -0.39 is 11.9 Å². The largest absolute Gasteiger partial charge is 0.399 e. The Bertz CT molecular complexity index is 843. The van der Waals surface area contributed by atoms with Gasteiger partial charge in [-0.2, -0.15) is 0 Å². The molecular weight excluding hydrogens is 357 g/mol. The van der Waals surface area contributed by atoms with Crippen molar-refractivity contribution >= 4 is 35.6 Å². The van der Waals surface area contributed by atoms with Crippen molar-refractivity contribution in [3.63, 3.8) is 0 Å². The zero-order valence-electron chi connectivity index (χ0n) is 14.6. The van der Waals surface area contributed by atoms with Gasteiger partial charge in [0, 0.05) is 24.8 Å². The number of benzene rings is 2. The van der Waals surface area contributed by atoms with Crippen LogP contribution in [0.3, 0.4) is 0 Å². The Morgan fingerprint density at radius 1 is 1.27 bits per heavy atom. The lowest BCUT2D eigenvalue weighted by atomic mass is 10.1. The molecule has 2 amide bonds. The number of amides is 2. The SMILES string of the molecule is Cc1ccc(N)cc1C(=O)N(C)C1CCN(c2ccccc2F)C1=O.Cl. The van der Waals surface area contributed by atoms with Gasteiger partial charge in [-0.05, 0) is 43.2 Å². The molecular formula is C19H21ClFN3O2. The Morgan fingerprint density at radius 2 is 1.96 bits per heavy atom. The van der Waals surface area contributed by atoms with E-state index in [-0.39, 0.29) is 29.9 Å². The van der Waals surface area contributed by atoms with Crippen LogP contribution >= 0.6 is 12.4 Å². The van der Waals surface area contributed by atoms with Crippen molar-refractivity contribution < 1.29 is 14.0 Å². The fraction of sp³-hybridized carbons (Fsp3) is 0.263. The van der Waals surface area contributed by atoms with Gasteiger partial charge in [-0.3, -0.25) is 9.59 Å². The van der Waals surface area contributed by atoms with E-state index in [9.17, 15) is 14.0 Å². The highest BCUT2D eigenvalue weighted by Gasteiger charge is 2.38. The summed E-state index contributed by atoms with van der Waals surface area (Å²) in [5.41, 5.74) is 7.78. The second kappa shape index (κ2) is 7.74. The molecule has 1 unspecified atom stereocenters. The molecule has 0 spiro atoms. The topological polar surface area (TPSA) is 66.6 Å². The number of nitrogens with zero attached hydrogens (tertiary/aromatic N) is 2. The van der Waals surface area contributed by atoms with E-state index in [0.29, 0.717) is 24.2 Å². The van der Waals surface area contributed by atoms with Crippen LogP contribution in [0.5, 0.6) is 0 Å². The summed E-state index contributed by atoms with van der Waals surface area (Å²) in [5.74, 6) is -0.988. The molecule has 1 saturated heterocycles. The van der Waals surface area contributed by atoms with E-state index in [0.717, 1.165) is 5.56 Å². The number of hydrogen-bond donors (Lipinski definition) is 1. The number of carbonyl (C=O) groups is 2.